The van der Waals surface area contributed by atoms with Crippen molar-refractivity contribution in [3.63, 3.8) is 0 Å². The summed E-state index contributed by atoms with van der Waals surface area (Å²) in [5.41, 5.74) is 0.297. The van der Waals surface area contributed by atoms with Crippen molar-refractivity contribution in [2.24, 2.45) is 0 Å². The van der Waals surface area contributed by atoms with Crippen molar-refractivity contribution in [2.75, 3.05) is 27.4 Å². The lowest BCUT2D eigenvalue weighted by Gasteiger charge is -2.27. The van der Waals surface area contributed by atoms with Gasteiger partial charge >= 0.3 is 0 Å². The van der Waals surface area contributed by atoms with E-state index in [2.05, 4.69) is 0 Å². The van der Waals surface area contributed by atoms with E-state index in [1.54, 1.807) is 6.07 Å². The second-order valence-electron chi connectivity index (χ2n) is 7.99. The maximum Gasteiger partial charge on any atom is 0.295 e. The van der Waals surface area contributed by atoms with Gasteiger partial charge in [0.05, 0.1) is 42.5 Å². The first-order valence-corrected chi connectivity index (χ1v) is 11.3. The average molecular weight is 508 g/mol. The van der Waals surface area contributed by atoms with E-state index in [9.17, 15) is 19.8 Å². The van der Waals surface area contributed by atoms with Crippen LogP contribution in [-0.2, 0) is 14.3 Å². The SMILES string of the molecule is COc1ccc(C2/C(=C(\O)c3cc(Cl)cc(Cl)c3OC)C(=O)C(=O)N2CC2CCCO2)cc1O. The van der Waals surface area contributed by atoms with Crippen LogP contribution in [0, 0.1) is 0 Å². The number of benzene rings is 2. The number of rotatable bonds is 6. The van der Waals surface area contributed by atoms with Gasteiger partial charge in [-0.1, -0.05) is 29.3 Å². The number of hydrogen-bond acceptors (Lipinski definition) is 7. The first-order valence-electron chi connectivity index (χ1n) is 10.6. The lowest BCUT2D eigenvalue weighted by Crippen LogP contribution is -2.36. The fourth-order valence-corrected chi connectivity index (χ4v) is 4.96. The maximum atomic E-state index is 13.2. The molecule has 1 amide bonds. The summed E-state index contributed by atoms with van der Waals surface area (Å²) in [6.45, 7) is 0.715. The second-order valence-corrected chi connectivity index (χ2v) is 8.83. The van der Waals surface area contributed by atoms with Gasteiger partial charge in [-0.2, -0.15) is 0 Å². The molecule has 0 aliphatic carbocycles. The highest BCUT2D eigenvalue weighted by molar-refractivity contribution is 6.46. The monoisotopic (exact) mass is 507 g/mol. The summed E-state index contributed by atoms with van der Waals surface area (Å²) in [4.78, 5) is 27.7. The number of Topliss-reactive ketones (excluding diaryl/α,β-unsaturated/α-hetero) is 1. The summed E-state index contributed by atoms with van der Waals surface area (Å²) in [7, 11) is 2.77. The summed E-state index contributed by atoms with van der Waals surface area (Å²) >= 11 is 12.4. The molecule has 2 unspecified atom stereocenters. The van der Waals surface area contributed by atoms with Crippen molar-refractivity contribution < 1.29 is 34.0 Å². The van der Waals surface area contributed by atoms with Crippen LogP contribution in [0.3, 0.4) is 0 Å². The smallest absolute Gasteiger partial charge is 0.295 e. The van der Waals surface area contributed by atoms with E-state index in [1.165, 1.54) is 43.4 Å². The van der Waals surface area contributed by atoms with Gasteiger partial charge in [0.15, 0.2) is 11.5 Å². The van der Waals surface area contributed by atoms with Crippen molar-refractivity contribution in [1.29, 1.82) is 0 Å². The molecule has 10 heteroatoms. The molecule has 2 N–H and O–H groups in total. The van der Waals surface area contributed by atoms with Gasteiger partial charge in [-0.25, -0.2) is 0 Å². The standard InChI is InChI=1S/C24H23Cl2NO7/c1-32-18-6-5-12(8-17(18)28)20-19(21(29)15-9-13(25)10-16(26)23(15)33-2)22(30)24(31)27(20)11-14-4-3-7-34-14/h5-6,8-10,14,20,28-29H,3-4,7,11H2,1-2H3/b21-19+. The Kier molecular flexibility index (Phi) is 6.93. The Labute approximate surface area is 206 Å². The predicted molar refractivity (Wildman–Crippen MR) is 126 cm³/mol. The van der Waals surface area contributed by atoms with E-state index in [-0.39, 0.29) is 51.1 Å². The van der Waals surface area contributed by atoms with E-state index >= 15 is 0 Å². The number of aliphatic hydroxyl groups is 1. The Bertz CT molecular complexity index is 1170. The van der Waals surface area contributed by atoms with Crippen molar-refractivity contribution in [3.8, 4) is 17.2 Å². The molecule has 0 radical (unpaired) electrons. The third-order valence-electron chi connectivity index (χ3n) is 5.95. The molecular formula is C24H23Cl2NO7. The number of aromatic hydroxyl groups is 1. The Morgan fingerprint density at radius 3 is 2.56 bits per heavy atom. The van der Waals surface area contributed by atoms with Gasteiger partial charge in [0.1, 0.15) is 11.5 Å². The van der Waals surface area contributed by atoms with E-state index < -0.39 is 23.5 Å². The highest BCUT2D eigenvalue weighted by Gasteiger charge is 2.47. The van der Waals surface area contributed by atoms with E-state index in [4.69, 9.17) is 37.4 Å². The molecule has 2 aromatic carbocycles. The number of phenolic OH excluding ortho intramolecular Hbond substituents is 1. The number of aliphatic hydroxyl groups excluding tert-OH is 1. The van der Waals surface area contributed by atoms with Gasteiger partial charge in [-0.15, -0.1) is 0 Å². The molecule has 2 aromatic rings. The van der Waals surface area contributed by atoms with Gasteiger partial charge in [-0.05, 0) is 42.7 Å². The zero-order chi connectivity index (χ0) is 24.6. The van der Waals surface area contributed by atoms with Gasteiger partial charge in [0, 0.05) is 18.2 Å². The van der Waals surface area contributed by atoms with Crippen molar-refractivity contribution in [2.45, 2.75) is 25.0 Å². The summed E-state index contributed by atoms with van der Waals surface area (Å²) in [5, 5.41) is 22.0. The van der Waals surface area contributed by atoms with Crippen molar-refractivity contribution >= 4 is 40.7 Å². The zero-order valence-electron chi connectivity index (χ0n) is 18.5. The molecule has 2 heterocycles. The minimum Gasteiger partial charge on any atom is -0.507 e. The number of hydrogen-bond donors (Lipinski definition) is 2. The van der Waals surface area contributed by atoms with Crippen LogP contribution in [0.1, 0.15) is 30.0 Å². The molecular weight excluding hydrogens is 485 g/mol. The van der Waals surface area contributed by atoms with Crippen LogP contribution in [0.2, 0.25) is 10.0 Å². The Morgan fingerprint density at radius 2 is 1.94 bits per heavy atom. The lowest BCUT2D eigenvalue weighted by atomic mass is 9.94. The third kappa shape index (κ3) is 4.29. The highest BCUT2D eigenvalue weighted by atomic mass is 35.5. The molecule has 0 saturated carbocycles. The van der Waals surface area contributed by atoms with Crippen LogP contribution in [0.5, 0.6) is 17.2 Å². The van der Waals surface area contributed by atoms with Crippen LogP contribution in [-0.4, -0.2) is 60.3 Å². The van der Waals surface area contributed by atoms with Crippen LogP contribution >= 0.6 is 23.2 Å². The number of ether oxygens (including phenoxy) is 3. The molecule has 4 rings (SSSR count). The quantitative estimate of drug-likeness (QED) is 0.340. The average Bonchev–Trinajstić information content (AvgIpc) is 3.40. The van der Waals surface area contributed by atoms with E-state index in [0.29, 0.717) is 12.2 Å². The third-order valence-corrected chi connectivity index (χ3v) is 6.45. The van der Waals surface area contributed by atoms with Gasteiger partial charge < -0.3 is 29.3 Å². The van der Waals surface area contributed by atoms with Gasteiger partial charge in [-0.3, -0.25) is 9.59 Å². The molecule has 8 nitrogen and oxygen atoms in total. The fourth-order valence-electron chi connectivity index (χ4n) is 4.39. The minimum absolute atomic E-state index is 0.0675. The number of nitrogens with zero attached hydrogens (tertiary/aromatic N) is 1. The number of phenols is 1. The number of halogens is 2. The summed E-state index contributed by atoms with van der Waals surface area (Å²) in [5.74, 6) is -2.01. The first-order chi connectivity index (χ1) is 16.3. The van der Waals surface area contributed by atoms with Gasteiger partial charge in [0.25, 0.3) is 11.7 Å². The Morgan fingerprint density at radius 1 is 1.18 bits per heavy atom. The predicted octanol–water partition coefficient (Wildman–Crippen LogP) is 4.32. The molecule has 0 aromatic heterocycles. The van der Waals surface area contributed by atoms with Crippen LogP contribution in [0.4, 0.5) is 0 Å². The van der Waals surface area contributed by atoms with Crippen LogP contribution < -0.4 is 9.47 Å². The van der Waals surface area contributed by atoms with Gasteiger partial charge in [0.2, 0.25) is 0 Å². The summed E-state index contributed by atoms with van der Waals surface area (Å²) in [6, 6.07) is 6.38. The fraction of sp³-hybridized carbons (Fsp3) is 0.333. The molecule has 0 spiro atoms. The molecule has 34 heavy (non-hydrogen) atoms. The minimum atomic E-state index is -0.997. The molecule has 2 saturated heterocycles. The number of likely N-dealkylation sites (tertiary alicyclic amines) is 1. The first kappa shape index (κ1) is 24.2. The lowest BCUT2D eigenvalue weighted by molar-refractivity contribution is -0.140. The van der Waals surface area contributed by atoms with Crippen LogP contribution in [0.15, 0.2) is 35.9 Å². The Hall–Kier alpha value is -2.94. The van der Waals surface area contributed by atoms with Crippen LogP contribution in [0.25, 0.3) is 5.76 Å². The largest absolute Gasteiger partial charge is 0.507 e. The number of ketones is 1. The second kappa shape index (κ2) is 9.74. The number of carbonyl (C=O) groups is 2. The topological polar surface area (TPSA) is 106 Å². The van der Waals surface area contributed by atoms with E-state index in [0.717, 1.165) is 12.8 Å². The Balaban J connectivity index is 1.91. The molecule has 180 valence electrons. The molecule has 0 bridgehead atoms. The molecule has 2 aliphatic rings. The normalized spacial score (nSPS) is 21.8. The molecule has 2 aliphatic heterocycles. The van der Waals surface area contributed by atoms with E-state index in [1.807, 2.05) is 0 Å². The zero-order valence-corrected chi connectivity index (χ0v) is 20.0. The summed E-state index contributed by atoms with van der Waals surface area (Å²) < 4.78 is 16.1. The highest BCUT2D eigenvalue weighted by Crippen LogP contribution is 2.44. The molecule has 2 atom stereocenters. The van der Waals surface area contributed by atoms with Crippen molar-refractivity contribution in [3.05, 3.63) is 57.1 Å². The maximum absolute atomic E-state index is 13.2. The number of amides is 1. The number of carbonyl (C=O) groups excluding carboxylic acids is 2. The molecule has 2 fully saturated rings. The number of methoxy groups -OCH3 is 2. The van der Waals surface area contributed by atoms with Crippen molar-refractivity contribution in [1.82, 2.24) is 4.90 Å². The summed E-state index contributed by atoms with van der Waals surface area (Å²) in [6.07, 6.45) is 1.34.